The van der Waals surface area contributed by atoms with E-state index < -0.39 is 0 Å². The van der Waals surface area contributed by atoms with Crippen molar-refractivity contribution in [2.45, 2.75) is 58.6 Å². The van der Waals surface area contributed by atoms with Gasteiger partial charge in [0.1, 0.15) is 5.75 Å². The number of guanidine groups is 1. The number of nitrogens with one attached hydrogen (secondary N) is 2. The Balaban J connectivity index is 0.00000338. The van der Waals surface area contributed by atoms with Gasteiger partial charge in [-0.25, -0.2) is 4.99 Å². The molecule has 0 radical (unpaired) electrons. The van der Waals surface area contributed by atoms with Crippen LogP contribution in [0.3, 0.4) is 0 Å². The Kier molecular flexibility index (Phi) is 11.7. The average Bonchev–Trinajstić information content (AvgIpc) is 3.15. The Morgan fingerprint density at radius 1 is 1.19 bits per heavy atom. The first-order valence-electron chi connectivity index (χ1n) is 9.64. The predicted octanol–water partition coefficient (Wildman–Crippen LogP) is 4.05. The standard InChI is InChI=1S/C20H33N3O2.HI/c1-3-21-20(23-15-16-9-11-18(24)12-10-16)22-14-13-19(25-4-2)17-7-5-6-8-17;/h9-12,17,19,24H,3-8,13-15H2,1-2H3,(H2,21,22,23);1H. The van der Waals surface area contributed by atoms with Crippen molar-refractivity contribution in [3.63, 3.8) is 0 Å². The van der Waals surface area contributed by atoms with Crippen LogP contribution in [0.5, 0.6) is 5.75 Å². The van der Waals surface area contributed by atoms with E-state index in [0.29, 0.717) is 12.6 Å². The maximum atomic E-state index is 9.35. The smallest absolute Gasteiger partial charge is 0.191 e. The van der Waals surface area contributed by atoms with Gasteiger partial charge in [0.15, 0.2) is 5.96 Å². The summed E-state index contributed by atoms with van der Waals surface area (Å²) < 4.78 is 5.98. The predicted molar refractivity (Wildman–Crippen MR) is 118 cm³/mol. The topological polar surface area (TPSA) is 65.9 Å². The Morgan fingerprint density at radius 2 is 1.88 bits per heavy atom. The van der Waals surface area contributed by atoms with E-state index in [0.717, 1.165) is 43.6 Å². The molecular formula is C20H34IN3O2. The van der Waals surface area contributed by atoms with Crippen LogP contribution in [0.15, 0.2) is 29.3 Å². The molecule has 1 aliphatic carbocycles. The van der Waals surface area contributed by atoms with Gasteiger partial charge in [0, 0.05) is 19.7 Å². The maximum absolute atomic E-state index is 9.35. The summed E-state index contributed by atoms with van der Waals surface area (Å²) in [6, 6.07) is 7.18. The second-order valence-corrected chi connectivity index (χ2v) is 6.62. The van der Waals surface area contributed by atoms with Gasteiger partial charge in [0.25, 0.3) is 0 Å². The lowest BCUT2D eigenvalue weighted by Crippen LogP contribution is -2.39. The fraction of sp³-hybridized carbons (Fsp3) is 0.650. The summed E-state index contributed by atoms with van der Waals surface area (Å²) in [5, 5.41) is 16.1. The molecule has 1 unspecified atom stereocenters. The molecule has 26 heavy (non-hydrogen) atoms. The van der Waals surface area contributed by atoms with Gasteiger partial charge in [0.2, 0.25) is 0 Å². The van der Waals surface area contributed by atoms with Crippen LogP contribution in [0.2, 0.25) is 0 Å². The molecule has 0 aliphatic heterocycles. The van der Waals surface area contributed by atoms with E-state index in [1.807, 2.05) is 12.1 Å². The van der Waals surface area contributed by atoms with Crippen LogP contribution in [0.4, 0.5) is 0 Å². The molecule has 0 heterocycles. The second-order valence-electron chi connectivity index (χ2n) is 6.62. The quantitative estimate of drug-likeness (QED) is 0.287. The van der Waals surface area contributed by atoms with Gasteiger partial charge < -0.3 is 20.5 Å². The number of hydrogen-bond donors (Lipinski definition) is 3. The highest BCUT2D eigenvalue weighted by atomic mass is 127. The largest absolute Gasteiger partial charge is 0.508 e. The summed E-state index contributed by atoms with van der Waals surface area (Å²) in [7, 11) is 0. The molecule has 2 rings (SSSR count). The molecule has 1 aliphatic rings. The molecule has 3 N–H and O–H groups in total. The SMILES string of the molecule is CCNC(=NCc1ccc(O)cc1)NCCC(OCC)C1CCCC1.I. The Hall–Kier alpha value is -1.02. The molecule has 6 heteroatoms. The van der Waals surface area contributed by atoms with Gasteiger partial charge in [-0.15, -0.1) is 24.0 Å². The van der Waals surface area contributed by atoms with Crippen molar-refractivity contribution >= 4 is 29.9 Å². The zero-order valence-corrected chi connectivity index (χ0v) is 18.4. The number of benzene rings is 1. The van der Waals surface area contributed by atoms with E-state index in [2.05, 4.69) is 29.5 Å². The van der Waals surface area contributed by atoms with E-state index in [1.54, 1.807) is 12.1 Å². The highest BCUT2D eigenvalue weighted by Crippen LogP contribution is 2.30. The van der Waals surface area contributed by atoms with E-state index in [1.165, 1.54) is 25.7 Å². The zero-order chi connectivity index (χ0) is 17.9. The summed E-state index contributed by atoms with van der Waals surface area (Å²) in [4.78, 5) is 4.63. The normalized spacial score (nSPS) is 16.2. The van der Waals surface area contributed by atoms with Gasteiger partial charge in [0.05, 0.1) is 12.6 Å². The van der Waals surface area contributed by atoms with Crippen molar-refractivity contribution in [2.24, 2.45) is 10.9 Å². The van der Waals surface area contributed by atoms with Crippen LogP contribution < -0.4 is 10.6 Å². The van der Waals surface area contributed by atoms with Crippen LogP contribution in [-0.4, -0.2) is 36.9 Å². The van der Waals surface area contributed by atoms with Crippen LogP contribution in [-0.2, 0) is 11.3 Å². The minimum absolute atomic E-state index is 0. The van der Waals surface area contributed by atoms with Gasteiger partial charge in [-0.2, -0.15) is 0 Å². The first kappa shape index (κ1) is 23.0. The van der Waals surface area contributed by atoms with Gasteiger partial charge in [-0.1, -0.05) is 25.0 Å². The lowest BCUT2D eigenvalue weighted by Gasteiger charge is -2.24. The van der Waals surface area contributed by atoms with Crippen molar-refractivity contribution in [3.05, 3.63) is 29.8 Å². The summed E-state index contributed by atoms with van der Waals surface area (Å²) in [5.41, 5.74) is 1.08. The van der Waals surface area contributed by atoms with E-state index >= 15 is 0 Å². The van der Waals surface area contributed by atoms with Crippen molar-refractivity contribution in [3.8, 4) is 5.75 Å². The maximum Gasteiger partial charge on any atom is 0.191 e. The molecule has 1 aromatic carbocycles. The summed E-state index contributed by atoms with van der Waals surface area (Å²) in [5.74, 6) is 1.84. The number of hydrogen-bond acceptors (Lipinski definition) is 3. The van der Waals surface area contributed by atoms with Crippen LogP contribution in [0, 0.1) is 5.92 Å². The molecule has 0 saturated heterocycles. The Labute approximate surface area is 175 Å². The monoisotopic (exact) mass is 475 g/mol. The highest BCUT2D eigenvalue weighted by Gasteiger charge is 2.25. The summed E-state index contributed by atoms with van der Waals surface area (Å²) in [6.07, 6.45) is 6.68. The van der Waals surface area contributed by atoms with Crippen molar-refractivity contribution in [2.75, 3.05) is 19.7 Å². The third-order valence-corrected chi connectivity index (χ3v) is 4.73. The number of nitrogens with zero attached hydrogens (tertiary/aromatic N) is 1. The molecule has 148 valence electrons. The highest BCUT2D eigenvalue weighted by molar-refractivity contribution is 14.0. The van der Waals surface area contributed by atoms with Gasteiger partial charge in [-0.05, 0) is 56.7 Å². The van der Waals surface area contributed by atoms with Crippen LogP contribution in [0.1, 0.15) is 51.5 Å². The zero-order valence-electron chi connectivity index (χ0n) is 16.0. The molecule has 1 saturated carbocycles. The molecule has 0 bridgehead atoms. The van der Waals surface area contributed by atoms with E-state index in [-0.39, 0.29) is 29.7 Å². The number of rotatable bonds is 9. The van der Waals surface area contributed by atoms with Crippen LogP contribution >= 0.6 is 24.0 Å². The van der Waals surface area contributed by atoms with Crippen molar-refractivity contribution in [1.29, 1.82) is 0 Å². The van der Waals surface area contributed by atoms with Crippen LogP contribution in [0.25, 0.3) is 0 Å². The molecule has 1 aromatic rings. The Bertz CT molecular complexity index is 516. The third-order valence-electron chi connectivity index (χ3n) is 4.73. The van der Waals surface area contributed by atoms with Gasteiger partial charge >= 0.3 is 0 Å². The second kappa shape index (κ2) is 13.2. The fourth-order valence-corrected chi connectivity index (χ4v) is 3.44. The van der Waals surface area contributed by atoms with E-state index in [9.17, 15) is 5.11 Å². The van der Waals surface area contributed by atoms with Crippen molar-refractivity contribution < 1.29 is 9.84 Å². The van der Waals surface area contributed by atoms with E-state index in [4.69, 9.17) is 4.74 Å². The average molecular weight is 475 g/mol. The first-order valence-corrected chi connectivity index (χ1v) is 9.64. The molecule has 0 spiro atoms. The number of ether oxygens (including phenoxy) is 1. The molecule has 0 aromatic heterocycles. The Morgan fingerprint density at radius 3 is 2.50 bits per heavy atom. The lowest BCUT2D eigenvalue weighted by atomic mass is 9.98. The third kappa shape index (κ3) is 8.12. The first-order chi connectivity index (χ1) is 12.2. The molecular weight excluding hydrogens is 441 g/mol. The minimum Gasteiger partial charge on any atom is -0.508 e. The molecule has 5 nitrogen and oxygen atoms in total. The summed E-state index contributed by atoms with van der Waals surface area (Å²) in [6.45, 7) is 7.22. The molecule has 1 atom stereocenters. The number of aliphatic imine (C=N–C) groups is 1. The van der Waals surface area contributed by atoms with Gasteiger partial charge in [-0.3, -0.25) is 0 Å². The summed E-state index contributed by atoms with van der Waals surface area (Å²) >= 11 is 0. The van der Waals surface area contributed by atoms with Crippen molar-refractivity contribution in [1.82, 2.24) is 10.6 Å². The number of phenolic OH excluding ortho intramolecular Hbond substituents is 1. The number of aromatic hydroxyl groups is 1. The number of halogens is 1. The number of phenols is 1. The molecule has 0 amide bonds. The minimum atomic E-state index is 0. The lowest BCUT2D eigenvalue weighted by molar-refractivity contribution is 0.0169. The molecule has 1 fully saturated rings. The fourth-order valence-electron chi connectivity index (χ4n) is 3.44.